The Morgan fingerprint density at radius 3 is 1.36 bits per heavy atom. The molecule has 0 radical (unpaired) electrons. The van der Waals surface area contributed by atoms with Crippen LogP contribution >= 0.6 is 0 Å². The third-order valence-electron chi connectivity index (χ3n) is 9.07. The smallest absolute Gasteiger partial charge is 0.164 e. The zero-order valence-electron chi connectivity index (χ0n) is 25.6. The molecule has 7 aromatic carbocycles. The minimum absolute atomic E-state index is 0.845. The highest BCUT2D eigenvalue weighted by atomic mass is 15.1. The molecule has 0 fully saturated rings. The van der Waals surface area contributed by atoms with Gasteiger partial charge in [-0.25, -0.2) is 9.97 Å². The number of fused-ring (bicyclic) bond motifs is 3. The molecular formula is C44H29N3. The molecule has 0 saturated carbocycles. The number of rotatable bonds is 5. The minimum atomic E-state index is 0.845. The van der Waals surface area contributed by atoms with Gasteiger partial charge in [-0.1, -0.05) is 146 Å². The molecule has 0 aliphatic carbocycles. The lowest BCUT2D eigenvalue weighted by molar-refractivity contribution is 1.08. The van der Waals surface area contributed by atoms with E-state index in [0.29, 0.717) is 0 Å². The largest absolute Gasteiger partial charge is 0.277 e. The van der Waals surface area contributed by atoms with Crippen molar-refractivity contribution in [2.75, 3.05) is 0 Å². The predicted octanol–water partition coefficient (Wildman–Crippen LogP) is 11.4. The highest BCUT2D eigenvalue weighted by Gasteiger charge is 2.18. The molecule has 47 heavy (non-hydrogen) atoms. The lowest BCUT2D eigenvalue weighted by atomic mass is 9.85. The Labute approximate surface area is 273 Å². The molecule has 0 aliphatic heterocycles. The highest BCUT2D eigenvalue weighted by molar-refractivity contribution is 6.21. The second-order valence-electron chi connectivity index (χ2n) is 11.8. The molecule has 0 saturated heterocycles. The van der Waals surface area contributed by atoms with Gasteiger partial charge in [-0.15, -0.1) is 0 Å². The highest BCUT2D eigenvalue weighted by Crippen LogP contribution is 2.44. The van der Waals surface area contributed by atoms with Crippen molar-refractivity contribution in [3.05, 3.63) is 176 Å². The number of pyridine rings is 1. The first-order chi connectivity index (χ1) is 23.3. The van der Waals surface area contributed by atoms with E-state index >= 15 is 0 Å². The van der Waals surface area contributed by atoms with Crippen LogP contribution in [0.15, 0.2) is 176 Å². The number of benzene rings is 7. The van der Waals surface area contributed by atoms with E-state index in [2.05, 4.69) is 144 Å². The van der Waals surface area contributed by atoms with E-state index in [0.717, 1.165) is 28.2 Å². The fourth-order valence-corrected chi connectivity index (χ4v) is 6.93. The van der Waals surface area contributed by atoms with Crippen LogP contribution in [-0.4, -0.2) is 14.5 Å². The normalized spacial score (nSPS) is 11.4. The molecule has 2 aromatic heterocycles. The van der Waals surface area contributed by atoms with Crippen LogP contribution in [0.3, 0.4) is 0 Å². The number of hydrogen-bond donors (Lipinski definition) is 0. The second-order valence-corrected chi connectivity index (χ2v) is 11.8. The summed E-state index contributed by atoms with van der Waals surface area (Å²) in [5, 5.41) is 4.96. The van der Waals surface area contributed by atoms with Crippen LogP contribution in [0.25, 0.3) is 83.2 Å². The molecule has 0 unspecified atom stereocenters. The quantitative estimate of drug-likeness (QED) is 0.184. The Kier molecular flexibility index (Phi) is 6.46. The van der Waals surface area contributed by atoms with Gasteiger partial charge < -0.3 is 0 Å². The molecular weight excluding hydrogens is 571 g/mol. The van der Waals surface area contributed by atoms with Gasteiger partial charge in [0, 0.05) is 17.4 Å². The van der Waals surface area contributed by atoms with Crippen LogP contribution in [0.4, 0.5) is 0 Å². The summed E-state index contributed by atoms with van der Waals surface area (Å²) in [4.78, 5) is 9.71. The lowest BCUT2D eigenvalue weighted by Crippen LogP contribution is -1.99. The molecule has 0 atom stereocenters. The summed E-state index contributed by atoms with van der Waals surface area (Å²) in [7, 11) is 0. The average molecular weight is 600 g/mol. The fourth-order valence-electron chi connectivity index (χ4n) is 6.93. The first-order valence-electron chi connectivity index (χ1n) is 15.9. The lowest BCUT2D eigenvalue weighted by Gasteiger charge is -2.18. The minimum Gasteiger partial charge on any atom is -0.277 e. The van der Waals surface area contributed by atoms with Gasteiger partial charge in [0.2, 0.25) is 0 Å². The van der Waals surface area contributed by atoms with Crippen molar-refractivity contribution in [2.45, 2.75) is 0 Å². The summed E-state index contributed by atoms with van der Waals surface area (Å²) >= 11 is 0. The Hall–Kier alpha value is -6.32. The van der Waals surface area contributed by atoms with Crippen molar-refractivity contribution >= 4 is 32.7 Å². The van der Waals surface area contributed by atoms with Gasteiger partial charge in [-0.3, -0.25) is 4.57 Å². The summed E-state index contributed by atoms with van der Waals surface area (Å²) in [6.45, 7) is 0. The van der Waals surface area contributed by atoms with E-state index in [1.807, 2.05) is 36.5 Å². The van der Waals surface area contributed by atoms with Gasteiger partial charge in [0.1, 0.15) is 11.3 Å². The molecule has 0 bridgehead atoms. The number of nitrogens with zero attached hydrogens (tertiary/aromatic N) is 3. The number of aromatic nitrogens is 3. The van der Waals surface area contributed by atoms with Crippen molar-refractivity contribution < 1.29 is 0 Å². The van der Waals surface area contributed by atoms with Crippen LogP contribution in [-0.2, 0) is 0 Å². The van der Waals surface area contributed by atoms with Crippen LogP contribution in [0.5, 0.6) is 0 Å². The van der Waals surface area contributed by atoms with Crippen molar-refractivity contribution in [2.24, 2.45) is 0 Å². The van der Waals surface area contributed by atoms with Gasteiger partial charge in [0.25, 0.3) is 0 Å². The molecule has 0 aliphatic rings. The number of imidazole rings is 1. The van der Waals surface area contributed by atoms with E-state index in [9.17, 15) is 0 Å². The Morgan fingerprint density at radius 2 is 0.809 bits per heavy atom. The predicted molar refractivity (Wildman–Crippen MR) is 196 cm³/mol. The molecule has 9 aromatic rings. The molecule has 3 heteroatoms. The molecule has 0 amide bonds. The maximum atomic E-state index is 4.98. The van der Waals surface area contributed by atoms with Crippen molar-refractivity contribution in [1.82, 2.24) is 14.5 Å². The summed E-state index contributed by atoms with van der Waals surface area (Å²) in [5.74, 6) is 0.880. The third kappa shape index (κ3) is 4.60. The van der Waals surface area contributed by atoms with Gasteiger partial charge in [-0.2, -0.15) is 0 Å². The summed E-state index contributed by atoms with van der Waals surface area (Å²) < 4.78 is 2.16. The average Bonchev–Trinajstić information content (AvgIpc) is 3.54. The van der Waals surface area contributed by atoms with Crippen molar-refractivity contribution in [3.63, 3.8) is 0 Å². The van der Waals surface area contributed by atoms with Gasteiger partial charge in [0.05, 0.1) is 0 Å². The SMILES string of the molecule is c1ccc(-c2ccc(-c3c4ccccc4c(-c4ccc(-n5c(-c6ccccc6)nc6cccnc65)cc4)c4ccccc34)cc2)cc1. The van der Waals surface area contributed by atoms with E-state index in [4.69, 9.17) is 9.97 Å². The Bertz CT molecular complexity index is 2470. The molecule has 0 spiro atoms. The Balaban J connectivity index is 1.21. The fraction of sp³-hybridized carbons (Fsp3) is 0. The maximum absolute atomic E-state index is 4.98. The molecule has 3 nitrogen and oxygen atoms in total. The van der Waals surface area contributed by atoms with Crippen LogP contribution in [0.2, 0.25) is 0 Å². The number of hydrogen-bond acceptors (Lipinski definition) is 2. The monoisotopic (exact) mass is 599 g/mol. The first kappa shape index (κ1) is 27.0. The third-order valence-corrected chi connectivity index (χ3v) is 9.07. The zero-order valence-corrected chi connectivity index (χ0v) is 25.6. The zero-order chi connectivity index (χ0) is 31.2. The molecule has 9 rings (SSSR count). The van der Waals surface area contributed by atoms with E-state index < -0.39 is 0 Å². The first-order valence-corrected chi connectivity index (χ1v) is 15.9. The summed E-state index contributed by atoms with van der Waals surface area (Å²) in [6, 6.07) is 60.3. The van der Waals surface area contributed by atoms with E-state index in [-0.39, 0.29) is 0 Å². The van der Waals surface area contributed by atoms with Crippen LogP contribution in [0.1, 0.15) is 0 Å². The van der Waals surface area contributed by atoms with Crippen molar-refractivity contribution in [3.8, 4) is 50.5 Å². The van der Waals surface area contributed by atoms with Gasteiger partial charge in [-0.05, 0) is 79.2 Å². The van der Waals surface area contributed by atoms with E-state index in [1.54, 1.807) is 0 Å². The van der Waals surface area contributed by atoms with Crippen LogP contribution < -0.4 is 0 Å². The maximum Gasteiger partial charge on any atom is 0.164 e. The molecule has 2 heterocycles. The molecule has 0 N–H and O–H groups in total. The standard InChI is InChI=1S/C44H29N3/c1-3-12-30(13-4-1)31-21-23-32(24-22-31)41-36-16-7-9-18-38(36)42(39-19-10-8-17-37(39)41)33-25-27-35(28-26-33)47-43(34-14-5-2-6-15-34)46-40-20-11-29-45-44(40)47/h1-29H. The van der Waals surface area contributed by atoms with Crippen molar-refractivity contribution in [1.29, 1.82) is 0 Å². The van der Waals surface area contributed by atoms with Crippen LogP contribution in [0, 0.1) is 0 Å². The van der Waals surface area contributed by atoms with Gasteiger partial charge >= 0.3 is 0 Å². The summed E-state index contributed by atoms with van der Waals surface area (Å²) in [5.41, 5.74) is 11.1. The second kappa shape index (κ2) is 11.2. The van der Waals surface area contributed by atoms with E-state index in [1.165, 1.54) is 54.9 Å². The van der Waals surface area contributed by atoms with Gasteiger partial charge in [0.15, 0.2) is 5.65 Å². The molecule has 220 valence electrons. The summed E-state index contributed by atoms with van der Waals surface area (Å²) in [6.07, 6.45) is 1.83. The Morgan fingerprint density at radius 1 is 0.362 bits per heavy atom. The topological polar surface area (TPSA) is 30.7 Å².